The molecule has 0 heterocycles. The Bertz CT molecular complexity index is 2200. The zero-order valence-electron chi connectivity index (χ0n) is 39.5. The van der Waals surface area contributed by atoms with Gasteiger partial charge in [0.1, 0.15) is 0 Å². The summed E-state index contributed by atoms with van der Waals surface area (Å²) in [6.45, 7) is 25.6. The quantitative estimate of drug-likeness (QED) is 0.0493. The van der Waals surface area contributed by atoms with E-state index < -0.39 is 31.3 Å². The van der Waals surface area contributed by atoms with Crippen molar-refractivity contribution in [2.24, 2.45) is 0 Å². The second-order valence-corrected chi connectivity index (χ2v) is 17.6. The summed E-state index contributed by atoms with van der Waals surface area (Å²) in [6.07, 6.45) is 0. The summed E-state index contributed by atoms with van der Waals surface area (Å²) in [6, 6.07) is 45.0. The summed E-state index contributed by atoms with van der Waals surface area (Å²) in [5, 5.41) is 0. The molecular weight excluding hydrogens is 935 g/mol. The number of nitrogens with zero attached hydrogens (tertiary/aromatic N) is 6. The van der Waals surface area contributed by atoms with E-state index in [0.717, 1.165) is 86.5 Å². The summed E-state index contributed by atoms with van der Waals surface area (Å²) in [4.78, 5) is 14.3. The van der Waals surface area contributed by atoms with Crippen molar-refractivity contribution in [3.63, 3.8) is 0 Å². The van der Waals surface area contributed by atoms with E-state index in [1.165, 1.54) is 22.7 Å². The van der Waals surface area contributed by atoms with Crippen LogP contribution in [0.2, 0.25) is 0 Å². The van der Waals surface area contributed by atoms with Gasteiger partial charge in [-0.15, -0.1) is 0 Å². The number of rotatable bonds is 18. The van der Waals surface area contributed by atoms with E-state index in [1.54, 1.807) is 0 Å². The van der Waals surface area contributed by atoms with Crippen molar-refractivity contribution in [3.8, 4) is 0 Å². The average Bonchev–Trinajstić information content (AvgIpc) is 3.30. The summed E-state index contributed by atoms with van der Waals surface area (Å²) >= 11 is 0. The van der Waals surface area contributed by atoms with E-state index in [-0.39, 0.29) is 0 Å². The number of hydrogen-bond acceptors (Lipinski definition) is 10. The van der Waals surface area contributed by atoms with E-state index >= 15 is 0 Å². The SMILES string of the molecule is CCN(CC)c1ccc(N(c2ccc(N(CC)CC)cc2)c2ccc(N(c3ccc(N(CC)CC)cc3)c3ccc(N(CC)CC)cc3)cc2)cc1.O=S(=O)(O)C(F)(F)F.O=S(=O)(O)C(F)(F)F. The Hall–Kier alpha value is -5.70. The Morgan fingerprint density at radius 3 is 0.500 bits per heavy atom. The maximum absolute atomic E-state index is 10.7. The molecule has 0 aliphatic rings. The van der Waals surface area contributed by atoms with Crippen LogP contribution in [-0.4, -0.2) is 89.3 Å². The average molecular weight is 997 g/mol. The van der Waals surface area contributed by atoms with Crippen molar-refractivity contribution in [1.82, 2.24) is 0 Å². The van der Waals surface area contributed by atoms with Crippen LogP contribution < -0.4 is 29.4 Å². The van der Waals surface area contributed by atoms with Crippen LogP contribution >= 0.6 is 0 Å². The van der Waals surface area contributed by atoms with Crippen molar-refractivity contribution in [2.75, 3.05) is 81.8 Å². The van der Waals surface area contributed by atoms with E-state index in [0.29, 0.717) is 0 Å². The van der Waals surface area contributed by atoms with Gasteiger partial charge in [0.05, 0.1) is 0 Å². The Kier molecular flexibility index (Phi) is 20.9. The number of anilines is 10. The molecule has 5 rings (SSSR count). The Balaban J connectivity index is 0.000000653. The molecule has 5 aromatic carbocycles. The van der Waals surface area contributed by atoms with Crippen molar-refractivity contribution in [3.05, 3.63) is 121 Å². The lowest BCUT2D eigenvalue weighted by atomic mass is 10.1. The zero-order chi connectivity index (χ0) is 51.0. The zero-order valence-corrected chi connectivity index (χ0v) is 41.1. The molecule has 0 amide bonds. The standard InChI is InChI=1S/C46H60N6.2CHF3O3S/c1-9-47(10-2)37-17-25-41(26-18-37)51(42-27-19-38(20-28-42)48(11-3)12-4)45-33-35-46(36-34-45)52(43-29-21-39(22-30-43)49(13-5)14-6)44-31-23-40(24-32-44)50(15-7)16-8;2*2-1(3,4)8(5,6)7/h17-36H,9-16H2,1-8H3;2*(H,5,6,7). The molecule has 68 heavy (non-hydrogen) atoms. The normalized spacial score (nSPS) is 11.6. The lowest BCUT2D eigenvalue weighted by molar-refractivity contribution is -0.0514. The van der Waals surface area contributed by atoms with Gasteiger partial charge in [0.25, 0.3) is 0 Å². The molecule has 0 fully saturated rings. The third-order valence-electron chi connectivity index (χ3n) is 10.9. The van der Waals surface area contributed by atoms with E-state index in [4.69, 9.17) is 25.9 Å². The van der Waals surface area contributed by atoms with Gasteiger partial charge < -0.3 is 29.4 Å². The Morgan fingerprint density at radius 2 is 0.412 bits per heavy atom. The van der Waals surface area contributed by atoms with Gasteiger partial charge in [-0.25, -0.2) is 0 Å². The molecule has 374 valence electrons. The minimum atomic E-state index is -5.84. The monoisotopic (exact) mass is 996 g/mol. The van der Waals surface area contributed by atoms with E-state index in [1.807, 2.05) is 0 Å². The lowest BCUT2D eigenvalue weighted by Crippen LogP contribution is -2.22. The van der Waals surface area contributed by atoms with Crippen LogP contribution in [0.4, 0.5) is 83.2 Å². The topological polar surface area (TPSA) is 128 Å². The third kappa shape index (κ3) is 15.2. The number of hydrogen-bond donors (Lipinski definition) is 2. The first-order chi connectivity index (χ1) is 31.9. The maximum atomic E-state index is 10.7. The molecule has 20 heteroatoms. The second kappa shape index (κ2) is 25.1. The van der Waals surface area contributed by atoms with E-state index in [2.05, 4.69) is 206 Å². The minimum Gasteiger partial charge on any atom is -0.372 e. The Labute approximate surface area is 397 Å². The first kappa shape index (κ1) is 56.6. The molecule has 0 saturated carbocycles. The molecule has 0 aliphatic carbocycles. The van der Waals surface area contributed by atoms with Gasteiger partial charge in [-0.3, -0.25) is 9.11 Å². The second-order valence-electron chi connectivity index (χ2n) is 14.8. The highest BCUT2D eigenvalue weighted by molar-refractivity contribution is 7.86. The first-order valence-electron chi connectivity index (χ1n) is 22.1. The fourth-order valence-corrected chi connectivity index (χ4v) is 7.25. The number of alkyl halides is 6. The van der Waals surface area contributed by atoms with Crippen LogP contribution in [0, 0.1) is 0 Å². The fourth-order valence-electron chi connectivity index (χ4n) is 7.25. The minimum absolute atomic E-state index is 0.987. The van der Waals surface area contributed by atoms with Gasteiger partial charge in [-0.1, -0.05) is 0 Å². The number of halogens is 6. The molecule has 0 atom stereocenters. The molecule has 0 saturated heterocycles. The van der Waals surface area contributed by atoms with Crippen molar-refractivity contribution in [2.45, 2.75) is 66.4 Å². The molecule has 0 unspecified atom stereocenters. The lowest BCUT2D eigenvalue weighted by Gasteiger charge is -2.30. The van der Waals surface area contributed by atoms with Crippen LogP contribution in [0.3, 0.4) is 0 Å². The van der Waals surface area contributed by atoms with Gasteiger partial charge in [0.2, 0.25) is 0 Å². The largest absolute Gasteiger partial charge is 0.522 e. The molecule has 12 nitrogen and oxygen atoms in total. The van der Waals surface area contributed by atoms with Crippen LogP contribution in [-0.2, 0) is 20.2 Å². The van der Waals surface area contributed by atoms with Gasteiger partial charge in [0.15, 0.2) is 0 Å². The number of benzene rings is 5. The van der Waals surface area contributed by atoms with Gasteiger partial charge in [-0.2, -0.15) is 43.2 Å². The van der Waals surface area contributed by atoms with Gasteiger partial charge in [-0.05, 0) is 177 Å². The molecule has 2 N–H and O–H groups in total. The smallest absolute Gasteiger partial charge is 0.372 e. The summed E-state index contributed by atoms with van der Waals surface area (Å²) in [7, 11) is -11.7. The van der Waals surface area contributed by atoms with Gasteiger partial charge in [0, 0.05) is 109 Å². The maximum Gasteiger partial charge on any atom is 0.522 e. The van der Waals surface area contributed by atoms with Crippen LogP contribution in [0.15, 0.2) is 121 Å². The van der Waals surface area contributed by atoms with Crippen molar-refractivity contribution >= 4 is 77.1 Å². The molecule has 5 aromatic rings. The highest BCUT2D eigenvalue weighted by Crippen LogP contribution is 2.41. The molecule has 0 spiro atoms. The fraction of sp³-hybridized carbons (Fsp3) is 0.375. The first-order valence-corrected chi connectivity index (χ1v) is 25.0. The Morgan fingerprint density at radius 1 is 0.309 bits per heavy atom. The van der Waals surface area contributed by atoms with E-state index in [9.17, 15) is 26.3 Å². The highest BCUT2D eigenvalue weighted by atomic mass is 32.2. The molecule has 0 aliphatic heterocycles. The molecular formula is C48H62F6N6O6S2. The van der Waals surface area contributed by atoms with Crippen molar-refractivity contribution < 1.29 is 52.3 Å². The van der Waals surface area contributed by atoms with Crippen LogP contribution in [0.1, 0.15) is 55.4 Å². The van der Waals surface area contributed by atoms with Crippen molar-refractivity contribution in [1.29, 1.82) is 0 Å². The summed E-state index contributed by atoms with van der Waals surface area (Å²) in [5.74, 6) is 0. The van der Waals surface area contributed by atoms with Crippen LogP contribution in [0.5, 0.6) is 0 Å². The summed E-state index contributed by atoms with van der Waals surface area (Å²) in [5.41, 5.74) is 0.681. The highest BCUT2D eigenvalue weighted by Gasteiger charge is 2.45. The third-order valence-corrected chi connectivity index (χ3v) is 12.1. The predicted molar refractivity (Wildman–Crippen MR) is 265 cm³/mol. The molecule has 0 radical (unpaired) electrons. The van der Waals surface area contributed by atoms with Gasteiger partial charge >= 0.3 is 31.3 Å². The molecule has 0 aromatic heterocycles. The van der Waals surface area contributed by atoms with Crippen LogP contribution in [0.25, 0.3) is 0 Å². The molecule has 0 bridgehead atoms. The summed E-state index contributed by atoms with van der Waals surface area (Å²) < 4.78 is 115. The predicted octanol–water partition coefficient (Wildman–Crippen LogP) is 12.8.